The van der Waals surface area contributed by atoms with Crippen LogP contribution in [0.3, 0.4) is 0 Å². The Balaban J connectivity index is 2.37. The summed E-state index contributed by atoms with van der Waals surface area (Å²) in [6, 6.07) is 0.528. The molecule has 1 heterocycles. The van der Waals surface area contributed by atoms with E-state index in [2.05, 4.69) is 6.92 Å². The van der Waals surface area contributed by atoms with Gasteiger partial charge in [-0.1, -0.05) is 0 Å². The number of amides is 1. The van der Waals surface area contributed by atoms with Crippen molar-refractivity contribution in [3.63, 3.8) is 0 Å². The highest BCUT2D eigenvalue weighted by Gasteiger charge is 2.36. The average Bonchev–Trinajstić information content (AvgIpc) is 2.73. The lowest BCUT2D eigenvalue weighted by Crippen LogP contribution is -2.43. The molecule has 0 saturated carbocycles. The molecule has 21 heavy (non-hydrogen) atoms. The molecular weight excluding hydrogens is 270 g/mol. The van der Waals surface area contributed by atoms with Crippen LogP contribution in [-0.2, 0) is 14.2 Å². The molecule has 2 unspecified atom stereocenters. The standard InChI is InChI=1S/C16H31NO4/c1-6-19-12-20-11-7-8-14-10-9-13(2)17(14)15(18)21-16(3,4)5/h13-14H,6-12H2,1-5H3. The van der Waals surface area contributed by atoms with Crippen LogP contribution in [-0.4, -0.2) is 48.7 Å². The van der Waals surface area contributed by atoms with Gasteiger partial charge in [-0.2, -0.15) is 0 Å². The fourth-order valence-corrected chi connectivity index (χ4v) is 2.62. The van der Waals surface area contributed by atoms with E-state index in [1.807, 2.05) is 32.6 Å². The van der Waals surface area contributed by atoms with Gasteiger partial charge in [0.05, 0.1) is 0 Å². The van der Waals surface area contributed by atoms with Crippen LogP contribution in [0.1, 0.15) is 60.3 Å². The van der Waals surface area contributed by atoms with Crippen molar-refractivity contribution in [2.45, 2.75) is 78.0 Å². The third-order valence-corrected chi connectivity index (χ3v) is 3.59. The highest BCUT2D eigenvalue weighted by molar-refractivity contribution is 5.69. The van der Waals surface area contributed by atoms with Gasteiger partial charge < -0.3 is 19.1 Å². The molecule has 1 aliphatic heterocycles. The summed E-state index contributed by atoms with van der Waals surface area (Å²) in [6.07, 6.45) is 3.79. The SMILES string of the molecule is CCOCOCCCC1CCC(C)N1C(=O)OC(C)(C)C. The molecule has 1 rings (SSSR count). The summed E-state index contributed by atoms with van der Waals surface area (Å²) in [5.74, 6) is 0. The summed E-state index contributed by atoms with van der Waals surface area (Å²) in [5, 5.41) is 0. The number of nitrogens with zero attached hydrogens (tertiary/aromatic N) is 1. The van der Waals surface area contributed by atoms with Gasteiger partial charge in [0.2, 0.25) is 0 Å². The number of hydrogen-bond donors (Lipinski definition) is 0. The van der Waals surface area contributed by atoms with E-state index in [1.54, 1.807) is 0 Å². The Kier molecular flexibility index (Phi) is 7.46. The number of rotatable bonds is 7. The first-order valence-corrected chi connectivity index (χ1v) is 8.02. The van der Waals surface area contributed by atoms with Gasteiger partial charge in [-0.15, -0.1) is 0 Å². The average molecular weight is 301 g/mol. The monoisotopic (exact) mass is 301 g/mol. The zero-order valence-electron chi connectivity index (χ0n) is 14.2. The Hall–Kier alpha value is -0.810. The first-order valence-electron chi connectivity index (χ1n) is 8.02. The molecule has 1 fully saturated rings. The van der Waals surface area contributed by atoms with Crippen molar-refractivity contribution in [3.05, 3.63) is 0 Å². The third-order valence-electron chi connectivity index (χ3n) is 3.59. The molecule has 0 bridgehead atoms. The Labute approximate surface area is 128 Å². The van der Waals surface area contributed by atoms with E-state index >= 15 is 0 Å². The van der Waals surface area contributed by atoms with E-state index in [0.29, 0.717) is 20.0 Å². The topological polar surface area (TPSA) is 48.0 Å². The van der Waals surface area contributed by atoms with Gasteiger partial charge in [0.25, 0.3) is 0 Å². The van der Waals surface area contributed by atoms with Crippen molar-refractivity contribution in [2.24, 2.45) is 0 Å². The lowest BCUT2D eigenvalue weighted by Gasteiger charge is -2.31. The number of likely N-dealkylation sites (tertiary alicyclic amines) is 1. The minimum Gasteiger partial charge on any atom is -0.444 e. The van der Waals surface area contributed by atoms with Crippen LogP contribution in [0.2, 0.25) is 0 Å². The summed E-state index contributed by atoms with van der Waals surface area (Å²) in [7, 11) is 0. The lowest BCUT2D eigenvalue weighted by molar-refractivity contribution is -0.0513. The predicted octanol–water partition coefficient (Wildman–Crippen LogP) is 3.57. The summed E-state index contributed by atoms with van der Waals surface area (Å²) in [5.41, 5.74) is -0.440. The number of carbonyl (C=O) groups excluding carboxylic acids is 1. The van der Waals surface area contributed by atoms with E-state index < -0.39 is 5.60 Å². The predicted molar refractivity (Wildman–Crippen MR) is 82.2 cm³/mol. The second kappa shape index (κ2) is 8.59. The second-order valence-corrected chi connectivity index (χ2v) is 6.63. The Bertz CT molecular complexity index is 314. The molecule has 0 spiro atoms. The molecule has 5 nitrogen and oxygen atoms in total. The van der Waals surface area contributed by atoms with Crippen LogP contribution in [0.25, 0.3) is 0 Å². The van der Waals surface area contributed by atoms with Crippen LogP contribution in [0, 0.1) is 0 Å². The van der Waals surface area contributed by atoms with Gasteiger partial charge >= 0.3 is 6.09 Å². The Morgan fingerprint density at radius 1 is 1.24 bits per heavy atom. The minimum absolute atomic E-state index is 0.187. The van der Waals surface area contributed by atoms with Crippen LogP contribution < -0.4 is 0 Å². The molecule has 5 heteroatoms. The maximum absolute atomic E-state index is 12.3. The van der Waals surface area contributed by atoms with Gasteiger partial charge in [-0.05, 0) is 60.3 Å². The van der Waals surface area contributed by atoms with E-state index in [9.17, 15) is 4.79 Å². The quantitative estimate of drug-likeness (QED) is 0.533. The van der Waals surface area contributed by atoms with Crippen molar-refractivity contribution in [1.29, 1.82) is 0 Å². The fourth-order valence-electron chi connectivity index (χ4n) is 2.62. The summed E-state index contributed by atoms with van der Waals surface area (Å²) in [4.78, 5) is 14.2. The number of hydrogen-bond acceptors (Lipinski definition) is 4. The maximum Gasteiger partial charge on any atom is 0.410 e. The van der Waals surface area contributed by atoms with Crippen LogP contribution in [0.4, 0.5) is 4.79 Å². The van der Waals surface area contributed by atoms with Gasteiger partial charge in [-0.25, -0.2) is 4.79 Å². The molecule has 0 N–H and O–H groups in total. The van der Waals surface area contributed by atoms with E-state index in [0.717, 1.165) is 25.7 Å². The van der Waals surface area contributed by atoms with Gasteiger partial charge in [0, 0.05) is 25.3 Å². The van der Waals surface area contributed by atoms with Crippen LogP contribution >= 0.6 is 0 Å². The molecular formula is C16H31NO4. The number of carbonyl (C=O) groups is 1. The zero-order valence-corrected chi connectivity index (χ0v) is 14.2. The molecule has 2 atom stereocenters. The van der Waals surface area contributed by atoms with Crippen molar-refractivity contribution < 1.29 is 19.0 Å². The number of ether oxygens (including phenoxy) is 3. The van der Waals surface area contributed by atoms with E-state index in [1.165, 1.54) is 0 Å². The van der Waals surface area contributed by atoms with Crippen molar-refractivity contribution in [1.82, 2.24) is 4.90 Å². The molecule has 1 saturated heterocycles. The minimum atomic E-state index is -0.440. The largest absolute Gasteiger partial charge is 0.444 e. The highest BCUT2D eigenvalue weighted by atomic mass is 16.7. The molecule has 1 amide bonds. The highest BCUT2D eigenvalue weighted by Crippen LogP contribution is 2.28. The van der Waals surface area contributed by atoms with Gasteiger partial charge in [0.15, 0.2) is 0 Å². The van der Waals surface area contributed by atoms with Crippen molar-refractivity contribution >= 4 is 6.09 Å². The fraction of sp³-hybridized carbons (Fsp3) is 0.938. The molecule has 124 valence electrons. The Morgan fingerprint density at radius 2 is 1.95 bits per heavy atom. The first kappa shape index (κ1) is 18.2. The summed E-state index contributed by atoms with van der Waals surface area (Å²) >= 11 is 0. The molecule has 0 aromatic heterocycles. The maximum atomic E-state index is 12.3. The van der Waals surface area contributed by atoms with Crippen molar-refractivity contribution in [2.75, 3.05) is 20.0 Å². The summed E-state index contributed by atoms with van der Waals surface area (Å²) in [6.45, 7) is 11.5. The molecule has 1 aliphatic rings. The van der Waals surface area contributed by atoms with Gasteiger partial charge in [-0.3, -0.25) is 0 Å². The summed E-state index contributed by atoms with van der Waals surface area (Å²) < 4.78 is 16.0. The Morgan fingerprint density at radius 3 is 2.57 bits per heavy atom. The van der Waals surface area contributed by atoms with Crippen LogP contribution in [0.15, 0.2) is 0 Å². The van der Waals surface area contributed by atoms with Crippen LogP contribution in [0.5, 0.6) is 0 Å². The molecule has 0 aliphatic carbocycles. The smallest absolute Gasteiger partial charge is 0.410 e. The van der Waals surface area contributed by atoms with Gasteiger partial charge in [0.1, 0.15) is 12.4 Å². The molecule has 0 radical (unpaired) electrons. The molecule has 0 aromatic carbocycles. The molecule has 0 aromatic rings. The van der Waals surface area contributed by atoms with E-state index in [-0.39, 0.29) is 18.2 Å². The lowest BCUT2D eigenvalue weighted by atomic mass is 10.1. The zero-order chi connectivity index (χ0) is 15.9. The van der Waals surface area contributed by atoms with Crippen molar-refractivity contribution in [3.8, 4) is 0 Å². The van der Waals surface area contributed by atoms with E-state index in [4.69, 9.17) is 14.2 Å². The first-order chi connectivity index (χ1) is 9.85. The normalized spacial score (nSPS) is 22.6. The second-order valence-electron chi connectivity index (χ2n) is 6.63. The third kappa shape index (κ3) is 6.66.